The van der Waals surface area contributed by atoms with Crippen molar-refractivity contribution in [2.75, 3.05) is 19.8 Å². The number of nitrogens with one attached hydrogen (secondary N) is 1. The highest BCUT2D eigenvalue weighted by Crippen LogP contribution is 2.28. The van der Waals surface area contributed by atoms with Crippen LogP contribution in [-0.2, 0) is 4.74 Å². The van der Waals surface area contributed by atoms with Crippen LogP contribution in [0.5, 0.6) is 0 Å². The smallest absolute Gasteiger partial charge is 0.0468 e. The van der Waals surface area contributed by atoms with Crippen LogP contribution in [0.4, 0.5) is 0 Å². The average molecular weight is 262 g/mol. The first-order chi connectivity index (χ1) is 9.31. The summed E-state index contributed by atoms with van der Waals surface area (Å²) in [7, 11) is 0. The Kier molecular flexibility index (Phi) is 5.80. The summed E-state index contributed by atoms with van der Waals surface area (Å²) in [4.78, 5) is 4.21. The van der Waals surface area contributed by atoms with Crippen LogP contribution >= 0.6 is 0 Å². The lowest BCUT2D eigenvalue weighted by Crippen LogP contribution is -2.27. The zero-order valence-corrected chi connectivity index (χ0v) is 12.2. The summed E-state index contributed by atoms with van der Waals surface area (Å²) in [5.41, 5.74) is 2.71. The maximum absolute atomic E-state index is 5.46. The third-order valence-electron chi connectivity index (χ3n) is 3.99. The highest BCUT2D eigenvalue weighted by Gasteiger charge is 2.21. The fraction of sp³-hybridized carbons (Fsp3) is 0.688. The van der Waals surface area contributed by atoms with Gasteiger partial charge in [-0.3, -0.25) is 4.98 Å². The summed E-state index contributed by atoms with van der Waals surface area (Å²) in [6, 6.07) is 2.63. The monoisotopic (exact) mass is 262 g/mol. The molecule has 2 rings (SSSR count). The Morgan fingerprint density at radius 1 is 1.42 bits per heavy atom. The van der Waals surface area contributed by atoms with Crippen molar-refractivity contribution in [1.82, 2.24) is 10.3 Å². The molecule has 0 radical (unpaired) electrons. The molecule has 3 nitrogen and oxygen atoms in total. The molecule has 1 aromatic heterocycles. The summed E-state index contributed by atoms with van der Waals surface area (Å²) in [6.45, 7) is 7.32. The lowest BCUT2D eigenvalue weighted by molar-refractivity contribution is 0.0605. The van der Waals surface area contributed by atoms with E-state index in [9.17, 15) is 0 Å². The molecule has 0 bridgehead atoms. The maximum Gasteiger partial charge on any atom is 0.0468 e. The first-order valence-corrected chi connectivity index (χ1v) is 7.53. The van der Waals surface area contributed by atoms with Gasteiger partial charge in [-0.05, 0) is 62.3 Å². The largest absolute Gasteiger partial charge is 0.381 e. The molecule has 19 heavy (non-hydrogen) atoms. The van der Waals surface area contributed by atoms with Crippen LogP contribution in [0, 0.1) is 12.8 Å². The third-order valence-corrected chi connectivity index (χ3v) is 3.99. The molecule has 1 atom stereocenters. The molecule has 0 saturated carbocycles. The standard InChI is InChI=1S/C16H26N2O/c1-3-7-18-16(11-14-5-9-19-10-6-14)15-4-8-17-12-13(15)2/h4,8,12,14,16,18H,3,5-7,9-11H2,1-2H3. The Labute approximate surface area is 116 Å². The van der Waals surface area contributed by atoms with Gasteiger partial charge >= 0.3 is 0 Å². The molecule has 0 spiro atoms. The Morgan fingerprint density at radius 3 is 2.89 bits per heavy atom. The SMILES string of the molecule is CCCNC(CC1CCOCC1)c1ccncc1C. The lowest BCUT2D eigenvalue weighted by Gasteiger charge is -2.28. The van der Waals surface area contributed by atoms with Crippen molar-refractivity contribution in [2.24, 2.45) is 5.92 Å². The van der Waals surface area contributed by atoms with Crippen molar-refractivity contribution in [3.63, 3.8) is 0 Å². The van der Waals surface area contributed by atoms with Gasteiger partial charge in [-0.1, -0.05) is 6.92 Å². The minimum atomic E-state index is 0.464. The van der Waals surface area contributed by atoms with Gasteiger partial charge in [0.15, 0.2) is 0 Å². The average Bonchev–Trinajstić information content (AvgIpc) is 2.45. The van der Waals surface area contributed by atoms with E-state index in [0.29, 0.717) is 6.04 Å². The molecule has 1 aliphatic heterocycles. The molecule has 106 valence electrons. The molecule has 3 heteroatoms. The minimum absolute atomic E-state index is 0.464. The van der Waals surface area contributed by atoms with Crippen LogP contribution in [0.1, 0.15) is 49.8 Å². The number of ether oxygens (including phenoxy) is 1. The van der Waals surface area contributed by atoms with Gasteiger partial charge in [0.05, 0.1) is 0 Å². The summed E-state index contributed by atoms with van der Waals surface area (Å²) in [5.74, 6) is 0.788. The van der Waals surface area contributed by atoms with E-state index in [1.807, 2.05) is 12.4 Å². The number of rotatable bonds is 6. The molecule has 1 fully saturated rings. The van der Waals surface area contributed by atoms with Crippen LogP contribution in [0.3, 0.4) is 0 Å². The van der Waals surface area contributed by atoms with E-state index in [1.54, 1.807) is 0 Å². The van der Waals surface area contributed by atoms with Gasteiger partial charge in [0.1, 0.15) is 0 Å². The fourth-order valence-electron chi connectivity index (χ4n) is 2.83. The molecule has 1 N–H and O–H groups in total. The van der Waals surface area contributed by atoms with Gasteiger partial charge in [-0.15, -0.1) is 0 Å². The lowest BCUT2D eigenvalue weighted by atomic mass is 9.88. The molecule has 1 saturated heterocycles. The van der Waals surface area contributed by atoms with E-state index in [4.69, 9.17) is 4.74 Å². The molecule has 1 aromatic rings. The molecular weight excluding hydrogens is 236 g/mol. The highest BCUT2D eigenvalue weighted by molar-refractivity contribution is 5.25. The van der Waals surface area contributed by atoms with Gasteiger partial charge < -0.3 is 10.1 Å². The van der Waals surface area contributed by atoms with Gasteiger partial charge in [0, 0.05) is 31.6 Å². The number of aromatic nitrogens is 1. The molecular formula is C16H26N2O. The summed E-state index contributed by atoms with van der Waals surface area (Å²) >= 11 is 0. The van der Waals surface area contributed by atoms with E-state index < -0.39 is 0 Å². The van der Waals surface area contributed by atoms with Crippen molar-refractivity contribution in [3.05, 3.63) is 29.6 Å². The Bertz CT molecular complexity index is 375. The number of nitrogens with zero attached hydrogens (tertiary/aromatic N) is 1. The summed E-state index contributed by atoms with van der Waals surface area (Å²) in [6.07, 6.45) is 8.68. The molecule has 0 aliphatic carbocycles. The molecule has 1 aliphatic rings. The number of pyridine rings is 1. The molecule has 0 aromatic carbocycles. The van der Waals surface area contributed by atoms with E-state index in [0.717, 1.165) is 25.7 Å². The third kappa shape index (κ3) is 4.29. The van der Waals surface area contributed by atoms with Crippen LogP contribution in [0.15, 0.2) is 18.5 Å². The Hall–Kier alpha value is -0.930. The number of aryl methyl sites for hydroxylation is 1. The Morgan fingerprint density at radius 2 is 2.21 bits per heavy atom. The van der Waals surface area contributed by atoms with Crippen molar-refractivity contribution in [3.8, 4) is 0 Å². The Balaban J connectivity index is 2.04. The van der Waals surface area contributed by atoms with E-state index in [1.165, 1.54) is 36.8 Å². The van der Waals surface area contributed by atoms with Crippen molar-refractivity contribution in [1.29, 1.82) is 0 Å². The van der Waals surface area contributed by atoms with Gasteiger partial charge in [0.2, 0.25) is 0 Å². The predicted molar refractivity (Wildman–Crippen MR) is 78.2 cm³/mol. The first kappa shape index (κ1) is 14.5. The van der Waals surface area contributed by atoms with E-state index in [2.05, 4.69) is 30.2 Å². The first-order valence-electron chi connectivity index (χ1n) is 7.53. The summed E-state index contributed by atoms with van der Waals surface area (Å²) in [5, 5.41) is 3.71. The second kappa shape index (κ2) is 7.61. The van der Waals surface area contributed by atoms with Crippen molar-refractivity contribution in [2.45, 2.75) is 45.6 Å². The van der Waals surface area contributed by atoms with Gasteiger partial charge in [0.25, 0.3) is 0 Å². The second-order valence-corrected chi connectivity index (χ2v) is 5.53. The van der Waals surface area contributed by atoms with Crippen LogP contribution in [0.2, 0.25) is 0 Å². The predicted octanol–water partition coefficient (Wildman–Crippen LogP) is 3.25. The molecule has 2 heterocycles. The maximum atomic E-state index is 5.46. The zero-order chi connectivity index (χ0) is 13.5. The van der Waals surface area contributed by atoms with Crippen LogP contribution in [-0.4, -0.2) is 24.7 Å². The molecule has 1 unspecified atom stereocenters. The van der Waals surface area contributed by atoms with Crippen LogP contribution in [0.25, 0.3) is 0 Å². The molecule has 0 amide bonds. The summed E-state index contributed by atoms with van der Waals surface area (Å²) < 4.78 is 5.46. The quantitative estimate of drug-likeness (QED) is 0.854. The van der Waals surface area contributed by atoms with Gasteiger partial charge in [-0.25, -0.2) is 0 Å². The fourth-order valence-corrected chi connectivity index (χ4v) is 2.83. The minimum Gasteiger partial charge on any atom is -0.381 e. The highest BCUT2D eigenvalue weighted by atomic mass is 16.5. The number of hydrogen-bond donors (Lipinski definition) is 1. The number of hydrogen-bond acceptors (Lipinski definition) is 3. The second-order valence-electron chi connectivity index (χ2n) is 5.53. The van der Waals surface area contributed by atoms with E-state index in [-0.39, 0.29) is 0 Å². The van der Waals surface area contributed by atoms with Crippen LogP contribution < -0.4 is 5.32 Å². The van der Waals surface area contributed by atoms with Crippen molar-refractivity contribution < 1.29 is 4.74 Å². The topological polar surface area (TPSA) is 34.1 Å². The zero-order valence-electron chi connectivity index (χ0n) is 12.2. The van der Waals surface area contributed by atoms with E-state index >= 15 is 0 Å². The van der Waals surface area contributed by atoms with Crippen molar-refractivity contribution >= 4 is 0 Å². The van der Waals surface area contributed by atoms with Gasteiger partial charge in [-0.2, -0.15) is 0 Å². The normalized spacial score (nSPS) is 18.4.